The first-order valence-corrected chi connectivity index (χ1v) is 10.4. The summed E-state index contributed by atoms with van der Waals surface area (Å²) in [6.07, 6.45) is -6.48. The summed E-state index contributed by atoms with van der Waals surface area (Å²) in [4.78, 5) is 35.5. The fourth-order valence-corrected chi connectivity index (χ4v) is 3.91. The minimum absolute atomic E-state index is 0.0143. The third-order valence-corrected chi connectivity index (χ3v) is 5.69. The molecule has 3 aromatic rings. The number of nitrogens with zero attached hydrogens (tertiary/aromatic N) is 4. The molecule has 35 heavy (non-hydrogen) atoms. The number of anilines is 1. The van der Waals surface area contributed by atoms with Gasteiger partial charge >= 0.3 is 11.9 Å². The Kier molecular flexibility index (Phi) is 6.55. The van der Waals surface area contributed by atoms with Crippen LogP contribution in [0.5, 0.6) is 0 Å². The second-order valence-corrected chi connectivity index (χ2v) is 8.10. The Bertz CT molecular complexity index is 1280. The van der Waals surface area contributed by atoms with Gasteiger partial charge in [-0.2, -0.15) is 9.97 Å². The van der Waals surface area contributed by atoms with Crippen LogP contribution in [-0.2, 0) is 25.5 Å². The Balaban J connectivity index is 1.57. The topological polar surface area (TPSA) is 183 Å². The first-order valence-electron chi connectivity index (χ1n) is 10.0. The summed E-state index contributed by atoms with van der Waals surface area (Å²) in [5.74, 6) is -4.53. The first-order chi connectivity index (χ1) is 16.5. The van der Waals surface area contributed by atoms with E-state index in [0.717, 1.165) is 23.0 Å². The van der Waals surface area contributed by atoms with E-state index in [1.165, 1.54) is 12.1 Å². The van der Waals surface area contributed by atoms with E-state index >= 15 is 0 Å². The van der Waals surface area contributed by atoms with Gasteiger partial charge in [-0.05, 0) is 29.3 Å². The molecule has 1 aliphatic rings. The number of hydrogen-bond donors (Lipinski definition) is 4. The Morgan fingerprint density at radius 1 is 1.29 bits per heavy atom. The van der Waals surface area contributed by atoms with Gasteiger partial charge < -0.3 is 30.5 Å². The van der Waals surface area contributed by atoms with Crippen molar-refractivity contribution in [2.45, 2.75) is 36.6 Å². The van der Waals surface area contributed by atoms with Gasteiger partial charge in [-0.25, -0.2) is 23.4 Å². The number of carboxylic acid groups (broad SMARTS) is 2. The number of fused-ring (bicyclic) bond motifs is 1. The SMILES string of the molecule is Nc1nc(Cl)nc2c1ncn2[C@@H]1O[C@H](COC(Cc2cccc(F)c2)(C(=O)O)C(=O)O)[C@@H](O)[C@@H]1F. The van der Waals surface area contributed by atoms with Crippen molar-refractivity contribution in [3.8, 4) is 0 Å². The van der Waals surface area contributed by atoms with Gasteiger partial charge in [0.2, 0.25) is 5.28 Å². The number of benzene rings is 1. The van der Waals surface area contributed by atoms with E-state index in [1.54, 1.807) is 0 Å². The smallest absolute Gasteiger partial charge is 0.348 e. The summed E-state index contributed by atoms with van der Waals surface area (Å²) in [6.45, 7) is -0.823. The van der Waals surface area contributed by atoms with Crippen molar-refractivity contribution in [3.63, 3.8) is 0 Å². The third-order valence-electron chi connectivity index (χ3n) is 5.52. The maximum absolute atomic E-state index is 15.0. The number of rotatable bonds is 8. The van der Waals surface area contributed by atoms with Crippen LogP contribution in [0.1, 0.15) is 11.8 Å². The lowest BCUT2D eigenvalue weighted by molar-refractivity contribution is -0.190. The summed E-state index contributed by atoms with van der Waals surface area (Å²) in [5, 5.41) is 29.4. The molecule has 12 nitrogen and oxygen atoms in total. The van der Waals surface area contributed by atoms with Crippen molar-refractivity contribution in [3.05, 3.63) is 47.3 Å². The molecule has 0 radical (unpaired) electrons. The third kappa shape index (κ3) is 4.48. The highest BCUT2D eigenvalue weighted by molar-refractivity contribution is 6.28. The maximum atomic E-state index is 15.0. The number of nitrogens with two attached hydrogens (primary N) is 1. The number of hydrogen-bond acceptors (Lipinski definition) is 9. The zero-order chi connectivity index (χ0) is 25.5. The van der Waals surface area contributed by atoms with Gasteiger partial charge in [-0.3, -0.25) is 4.57 Å². The van der Waals surface area contributed by atoms with Gasteiger partial charge in [0, 0.05) is 6.42 Å². The number of aliphatic carboxylic acids is 2. The molecule has 1 saturated heterocycles. The number of aliphatic hydroxyl groups excluding tert-OH is 1. The molecule has 186 valence electrons. The summed E-state index contributed by atoms with van der Waals surface area (Å²) < 4.78 is 40.4. The van der Waals surface area contributed by atoms with Crippen LogP contribution < -0.4 is 5.73 Å². The average Bonchev–Trinajstić information content (AvgIpc) is 3.32. The quantitative estimate of drug-likeness (QED) is 0.248. The van der Waals surface area contributed by atoms with Gasteiger partial charge in [-0.1, -0.05) is 12.1 Å². The van der Waals surface area contributed by atoms with E-state index in [9.17, 15) is 33.7 Å². The number of nitrogen functional groups attached to an aromatic ring is 1. The molecule has 0 spiro atoms. The van der Waals surface area contributed by atoms with Crippen LogP contribution in [0.2, 0.25) is 5.28 Å². The van der Waals surface area contributed by atoms with Crippen LogP contribution in [0.15, 0.2) is 30.6 Å². The van der Waals surface area contributed by atoms with Gasteiger partial charge in [0.15, 0.2) is 23.9 Å². The van der Waals surface area contributed by atoms with E-state index < -0.39 is 61.0 Å². The molecular formula is C20H18ClF2N5O7. The second-order valence-electron chi connectivity index (χ2n) is 7.76. The van der Waals surface area contributed by atoms with Crippen molar-refractivity contribution in [1.29, 1.82) is 0 Å². The summed E-state index contributed by atoms with van der Waals surface area (Å²) in [5.41, 5.74) is 3.02. The van der Waals surface area contributed by atoms with Crippen LogP contribution in [0.4, 0.5) is 14.6 Å². The van der Waals surface area contributed by atoms with E-state index in [4.69, 9.17) is 26.8 Å². The Hall–Kier alpha value is -3.46. The van der Waals surface area contributed by atoms with E-state index in [1.807, 2.05) is 0 Å². The number of ether oxygens (including phenoxy) is 2. The molecule has 5 N–H and O–H groups in total. The summed E-state index contributed by atoms with van der Waals surface area (Å²) in [6, 6.07) is 4.66. The van der Waals surface area contributed by atoms with Crippen LogP contribution in [0, 0.1) is 5.82 Å². The zero-order valence-electron chi connectivity index (χ0n) is 17.6. The number of carbonyl (C=O) groups is 2. The van der Waals surface area contributed by atoms with Crippen molar-refractivity contribution in [2.75, 3.05) is 12.3 Å². The minimum Gasteiger partial charge on any atom is -0.479 e. The average molecular weight is 514 g/mol. The van der Waals surface area contributed by atoms with Crippen molar-refractivity contribution < 1.29 is 43.2 Å². The summed E-state index contributed by atoms with van der Waals surface area (Å²) >= 11 is 5.81. The van der Waals surface area contributed by atoms with Gasteiger partial charge in [0.1, 0.15) is 23.5 Å². The lowest BCUT2D eigenvalue weighted by Crippen LogP contribution is -2.52. The van der Waals surface area contributed by atoms with Crippen LogP contribution in [0.25, 0.3) is 11.2 Å². The largest absolute Gasteiger partial charge is 0.479 e. The lowest BCUT2D eigenvalue weighted by Gasteiger charge is -2.27. The van der Waals surface area contributed by atoms with Gasteiger partial charge in [0.25, 0.3) is 5.60 Å². The predicted molar refractivity (Wildman–Crippen MR) is 114 cm³/mol. The van der Waals surface area contributed by atoms with Gasteiger partial charge in [-0.15, -0.1) is 0 Å². The van der Waals surface area contributed by atoms with Crippen molar-refractivity contribution >= 4 is 40.5 Å². The molecule has 1 aromatic carbocycles. The number of carboxylic acids is 2. The fourth-order valence-electron chi connectivity index (χ4n) is 3.74. The molecule has 15 heteroatoms. The highest BCUT2D eigenvalue weighted by atomic mass is 35.5. The normalized spacial score (nSPS) is 22.5. The fraction of sp³-hybridized carbons (Fsp3) is 0.350. The molecule has 3 heterocycles. The van der Waals surface area contributed by atoms with E-state index in [2.05, 4.69) is 15.0 Å². The second kappa shape index (κ2) is 9.30. The maximum Gasteiger partial charge on any atom is 0.348 e. The molecule has 4 rings (SSSR count). The zero-order valence-corrected chi connectivity index (χ0v) is 18.3. The van der Waals surface area contributed by atoms with Gasteiger partial charge in [0.05, 0.1) is 12.9 Å². The first kappa shape index (κ1) is 24.7. The molecule has 0 unspecified atom stereocenters. The molecule has 0 aliphatic carbocycles. The van der Waals surface area contributed by atoms with Crippen LogP contribution in [-0.4, -0.2) is 77.4 Å². The standard InChI is InChI=1S/C20H18ClF2N5O7/c21-19-26-14(24)12-15(27-19)28(7-25-12)16-11(23)13(29)10(35-16)6-34-20(17(30)31,18(32)33)5-8-2-1-3-9(22)4-8/h1-4,7,10-11,13,16,29H,5-6H2,(H,30,31)(H,32,33)(H2,24,26,27)/t10-,11+,13-,16-/m1/s1. The molecule has 2 aromatic heterocycles. The number of halogens is 3. The predicted octanol–water partition coefficient (Wildman–Crippen LogP) is 0.965. The molecule has 0 saturated carbocycles. The molecular weight excluding hydrogens is 496 g/mol. The summed E-state index contributed by atoms with van der Waals surface area (Å²) in [7, 11) is 0. The number of alkyl halides is 1. The van der Waals surface area contributed by atoms with Crippen LogP contribution in [0.3, 0.4) is 0 Å². The number of aliphatic hydroxyl groups is 1. The van der Waals surface area contributed by atoms with E-state index in [0.29, 0.717) is 0 Å². The molecule has 1 fully saturated rings. The molecule has 0 bridgehead atoms. The minimum atomic E-state index is -2.86. The molecule has 0 amide bonds. The number of aromatic nitrogens is 4. The lowest BCUT2D eigenvalue weighted by atomic mass is 9.94. The molecule has 4 atom stereocenters. The Morgan fingerprint density at radius 3 is 2.66 bits per heavy atom. The monoisotopic (exact) mass is 513 g/mol. The highest BCUT2D eigenvalue weighted by Crippen LogP contribution is 2.35. The van der Waals surface area contributed by atoms with Crippen molar-refractivity contribution in [2.24, 2.45) is 0 Å². The van der Waals surface area contributed by atoms with Crippen LogP contribution >= 0.6 is 11.6 Å². The Labute approximate surface area is 199 Å². The highest BCUT2D eigenvalue weighted by Gasteiger charge is 2.52. The van der Waals surface area contributed by atoms with Crippen molar-refractivity contribution in [1.82, 2.24) is 19.5 Å². The number of imidazole rings is 1. The van der Waals surface area contributed by atoms with E-state index in [-0.39, 0.29) is 27.8 Å². The molecule has 1 aliphatic heterocycles. The Morgan fingerprint density at radius 2 is 2.00 bits per heavy atom.